The lowest BCUT2D eigenvalue weighted by Crippen LogP contribution is -2.46. The Morgan fingerprint density at radius 3 is 2.90 bits per heavy atom. The van der Waals surface area contributed by atoms with Crippen molar-refractivity contribution in [3.05, 3.63) is 35.5 Å². The molecule has 0 unspecified atom stereocenters. The first-order valence-electron chi connectivity index (χ1n) is 6.68. The summed E-state index contributed by atoms with van der Waals surface area (Å²) in [5.74, 6) is 0.609. The smallest absolute Gasteiger partial charge is 0.129 e. The Morgan fingerprint density at radius 1 is 1.43 bits per heavy atom. The number of fused-ring (bicyclic) bond motifs is 1. The second-order valence-electron chi connectivity index (χ2n) is 5.36. The topological polar surface area (TPSA) is 71.8 Å². The summed E-state index contributed by atoms with van der Waals surface area (Å²) in [5.41, 5.74) is -0.572. The van der Waals surface area contributed by atoms with Gasteiger partial charge >= 0.3 is 0 Å². The van der Waals surface area contributed by atoms with Crippen molar-refractivity contribution in [1.29, 1.82) is 0 Å². The lowest BCUT2D eigenvalue weighted by atomic mass is 9.96. The molecule has 0 bridgehead atoms. The standard InChI is InChI=1S/C15H16ClNO4/c1-15(19)12(18)7-21-13(15)8-20-10-4-2-9-3-5-14(16)17-11(9)6-10/h2-6,12-13,18-19H,7-8H2,1H3/t12-,13+,15-/m0/s1. The molecule has 0 aliphatic carbocycles. The maximum Gasteiger partial charge on any atom is 0.129 e. The Hall–Kier alpha value is -1.40. The molecule has 112 valence electrons. The number of hydrogen-bond donors (Lipinski definition) is 2. The minimum Gasteiger partial charge on any atom is -0.491 e. The van der Waals surface area contributed by atoms with Gasteiger partial charge in [-0.2, -0.15) is 0 Å². The summed E-state index contributed by atoms with van der Waals surface area (Å²) in [7, 11) is 0. The van der Waals surface area contributed by atoms with Crippen LogP contribution in [0.4, 0.5) is 0 Å². The van der Waals surface area contributed by atoms with Crippen molar-refractivity contribution >= 4 is 22.5 Å². The van der Waals surface area contributed by atoms with E-state index in [0.29, 0.717) is 10.9 Å². The van der Waals surface area contributed by atoms with Crippen LogP contribution in [0.15, 0.2) is 30.3 Å². The van der Waals surface area contributed by atoms with Crippen molar-refractivity contribution in [2.45, 2.75) is 24.7 Å². The quantitative estimate of drug-likeness (QED) is 0.846. The van der Waals surface area contributed by atoms with Crippen molar-refractivity contribution in [3.63, 3.8) is 0 Å². The summed E-state index contributed by atoms with van der Waals surface area (Å²) in [6, 6.07) is 9.10. The highest BCUT2D eigenvalue weighted by Gasteiger charge is 2.46. The molecule has 6 heteroatoms. The fraction of sp³-hybridized carbons (Fsp3) is 0.400. The van der Waals surface area contributed by atoms with Gasteiger partial charge in [-0.05, 0) is 31.2 Å². The van der Waals surface area contributed by atoms with Gasteiger partial charge in [-0.3, -0.25) is 0 Å². The predicted molar refractivity (Wildman–Crippen MR) is 78.6 cm³/mol. The summed E-state index contributed by atoms with van der Waals surface area (Å²) in [4.78, 5) is 4.22. The van der Waals surface area contributed by atoms with E-state index in [1.54, 1.807) is 19.1 Å². The van der Waals surface area contributed by atoms with Gasteiger partial charge in [0.25, 0.3) is 0 Å². The molecule has 2 aromatic rings. The minimum atomic E-state index is -1.31. The molecular formula is C15H16ClNO4. The maximum atomic E-state index is 10.1. The number of aromatic nitrogens is 1. The van der Waals surface area contributed by atoms with Crippen LogP contribution in [0.1, 0.15) is 6.92 Å². The molecule has 1 aromatic carbocycles. The van der Waals surface area contributed by atoms with Gasteiger partial charge < -0.3 is 19.7 Å². The average Bonchev–Trinajstić information content (AvgIpc) is 2.70. The normalized spacial score (nSPS) is 29.0. The lowest BCUT2D eigenvalue weighted by Gasteiger charge is -2.26. The third kappa shape index (κ3) is 2.82. The molecule has 1 fully saturated rings. The molecule has 0 radical (unpaired) electrons. The van der Waals surface area contributed by atoms with Crippen molar-refractivity contribution < 1.29 is 19.7 Å². The van der Waals surface area contributed by atoms with Gasteiger partial charge in [0.15, 0.2) is 0 Å². The molecule has 0 amide bonds. The third-order valence-corrected chi connectivity index (χ3v) is 4.02. The number of rotatable bonds is 3. The number of nitrogens with zero attached hydrogens (tertiary/aromatic N) is 1. The zero-order chi connectivity index (χ0) is 15.0. The van der Waals surface area contributed by atoms with E-state index in [0.717, 1.165) is 10.9 Å². The molecule has 1 aliphatic rings. The fourth-order valence-electron chi connectivity index (χ4n) is 2.31. The van der Waals surface area contributed by atoms with Gasteiger partial charge in [0.05, 0.1) is 12.1 Å². The fourth-order valence-corrected chi connectivity index (χ4v) is 2.46. The molecule has 0 spiro atoms. The summed E-state index contributed by atoms with van der Waals surface area (Å²) in [5, 5.41) is 21.2. The zero-order valence-corrected chi connectivity index (χ0v) is 12.2. The van der Waals surface area contributed by atoms with E-state index in [1.165, 1.54) is 0 Å². The van der Waals surface area contributed by atoms with E-state index < -0.39 is 17.8 Å². The molecule has 21 heavy (non-hydrogen) atoms. The van der Waals surface area contributed by atoms with E-state index in [4.69, 9.17) is 21.1 Å². The van der Waals surface area contributed by atoms with E-state index in [2.05, 4.69) is 4.98 Å². The van der Waals surface area contributed by atoms with E-state index in [1.807, 2.05) is 18.2 Å². The third-order valence-electron chi connectivity index (χ3n) is 3.81. The van der Waals surface area contributed by atoms with Crippen LogP contribution in [0.2, 0.25) is 5.15 Å². The molecule has 1 saturated heterocycles. The predicted octanol–water partition coefficient (Wildman–Crippen LogP) is 1.78. The van der Waals surface area contributed by atoms with Crippen LogP contribution in [0, 0.1) is 0 Å². The number of aliphatic hydroxyl groups excluding tert-OH is 1. The second-order valence-corrected chi connectivity index (χ2v) is 5.75. The van der Waals surface area contributed by atoms with Crippen LogP contribution in [0.3, 0.4) is 0 Å². The minimum absolute atomic E-state index is 0.107. The highest BCUT2D eigenvalue weighted by molar-refractivity contribution is 6.29. The average molecular weight is 310 g/mol. The summed E-state index contributed by atoms with van der Waals surface area (Å²) >= 11 is 5.87. The van der Waals surface area contributed by atoms with Gasteiger partial charge in [0.1, 0.15) is 35.3 Å². The SMILES string of the molecule is C[C@]1(O)[C@@H](O)CO[C@@H]1COc1ccc2ccc(Cl)nc2c1. The van der Waals surface area contributed by atoms with E-state index in [-0.39, 0.29) is 13.2 Å². The molecule has 2 N–H and O–H groups in total. The van der Waals surface area contributed by atoms with Crippen molar-refractivity contribution in [3.8, 4) is 5.75 Å². The molecule has 3 rings (SSSR count). The van der Waals surface area contributed by atoms with Crippen molar-refractivity contribution in [1.82, 2.24) is 4.98 Å². The van der Waals surface area contributed by atoms with Gasteiger partial charge in [-0.25, -0.2) is 4.98 Å². The monoisotopic (exact) mass is 309 g/mol. The molecule has 0 saturated carbocycles. The number of pyridine rings is 1. The lowest BCUT2D eigenvalue weighted by molar-refractivity contribution is -0.0755. The first kappa shape index (κ1) is 14.5. The first-order valence-corrected chi connectivity index (χ1v) is 7.06. The summed E-state index contributed by atoms with van der Waals surface area (Å²) in [6.45, 7) is 1.80. The number of hydrogen-bond acceptors (Lipinski definition) is 5. The van der Waals surface area contributed by atoms with Crippen molar-refractivity contribution in [2.24, 2.45) is 0 Å². The number of halogens is 1. The largest absolute Gasteiger partial charge is 0.491 e. The second kappa shape index (κ2) is 5.42. The van der Waals surface area contributed by atoms with Crippen LogP contribution in [0.25, 0.3) is 10.9 Å². The Labute approximate surface area is 127 Å². The Bertz CT molecular complexity index is 661. The molecular weight excluding hydrogens is 294 g/mol. The van der Waals surface area contributed by atoms with Crippen LogP contribution >= 0.6 is 11.6 Å². The molecule has 1 aliphatic heterocycles. The van der Waals surface area contributed by atoms with Gasteiger partial charge in [0, 0.05) is 11.5 Å². The molecule has 1 aromatic heterocycles. The van der Waals surface area contributed by atoms with Gasteiger partial charge in [0.2, 0.25) is 0 Å². The van der Waals surface area contributed by atoms with Crippen LogP contribution in [-0.2, 0) is 4.74 Å². The van der Waals surface area contributed by atoms with E-state index in [9.17, 15) is 10.2 Å². The molecule has 2 heterocycles. The Balaban J connectivity index is 1.74. The number of aliphatic hydroxyl groups is 2. The van der Waals surface area contributed by atoms with Crippen LogP contribution < -0.4 is 4.74 Å². The molecule has 5 nitrogen and oxygen atoms in total. The van der Waals surface area contributed by atoms with Gasteiger partial charge in [-0.15, -0.1) is 0 Å². The number of benzene rings is 1. The van der Waals surface area contributed by atoms with Crippen LogP contribution in [-0.4, -0.2) is 46.2 Å². The maximum absolute atomic E-state index is 10.1. The summed E-state index contributed by atoms with van der Waals surface area (Å²) < 4.78 is 11.0. The summed E-state index contributed by atoms with van der Waals surface area (Å²) in [6.07, 6.45) is -1.47. The first-order chi connectivity index (χ1) is 9.96. The zero-order valence-electron chi connectivity index (χ0n) is 11.5. The highest BCUT2D eigenvalue weighted by atomic mass is 35.5. The van der Waals surface area contributed by atoms with E-state index >= 15 is 0 Å². The van der Waals surface area contributed by atoms with Gasteiger partial charge in [-0.1, -0.05) is 11.6 Å². The Morgan fingerprint density at radius 2 is 2.19 bits per heavy atom. The molecule has 3 atom stereocenters. The van der Waals surface area contributed by atoms with Crippen LogP contribution in [0.5, 0.6) is 5.75 Å². The highest BCUT2D eigenvalue weighted by Crippen LogP contribution is 2.27. The number of ether oxygens (including phenoxy) is 2. The van der Waals surface area contributed by atoms with Crippen molar-refractivity contribution in [2.75, 3.05) is 13.2 Å². The Kier molecular flexibility index (Phi) is 3.75.